The van der Waals surface area contributed by atoms with Gasteiger partial charge in [0, 0.05) is 31.9 Å². The number of hydrogen-bond acceptors (Lipinski definition) is 2. The molecular formula is C13H16ClN3. The molecule has 1 heterocycles. The SMILES string of the molecule is Cc1cccc(NCCc2ccnn2C)c1Cl. The highest BCUT2D eigenvalue weighted by atomic mass is 35.5. The van der Waals surface area contributed by atoms with Gasteiger partial charge in [0.25, 0.3) is 0 Å². The second-order valence-corrected chi connectivity index (χ2v) is 4.44. The highest BCUT2D eigenvalue weighted by Gasteiger charge is 2.02. The van der Waals surface area contributed by atoms with Crippen molar-refractivity contribution in [3.8, 4) is 0 Å². The molecule has 4 heteroatoms. The molecule has 0 amide bonds. The second kappa shape index (κ2) is 5.23. The average molecular weight is 250 g/mol. The molecule has 1 aromatic carbocycles. The smallest absolute Gasteiger partial charge is 0.0666 e. The van der Waals surface area contributed by atoms with Crippen LogP contribution in [-0.4, -0.2) is 16.3 Å². The van der Waals surface area contributed by atoms with E-state index in [1.807, 2.05) is 49.1 Å². The van der Waals surface area contributed by atoms with E-state index < -0.39 is 0 Å². The normalized spacial score (nSPS) is 10.5. The summed E-state index contributed by atoms with van der Waals surface area (Å²) in [6.07, 6.45) is 2.75. The van der Waals surface area contributed by atoms with Gasteiger partial charge in [-0.25, -0.2) is 0 Å². The van der Waals surface area contributed by atoms with Gasteiger partial charge in [-0.15, -0.1) is 0 Å². The number of nitrogens with one attached hydrogen (secondary N) is 1. The Morgan fingerprint density at radius 3 is 2.88 bits per heavy atom. The molecule has 0 bridgehead atoms. The lowest BCUT2D eigenvalue weighted by atomic mass is 10.2. The largest absolute Gasteiger partial charge is 0.383 e. The fourth-order valence-corrected chi connectivity index (χ4v) is 1.95. The molecule has 0 fully saturated rings. The Morgan fingerprint density at radius 2 is 2.18 bits per heavy atom. The van der Waals surface area contributed by atoms with E-state index in [-0.39, 0.29) is 0 Å². The predicted octanol–water partition coefficient (Wildman–Crippen LogP) is 3.04. The first-order chi connectivity index (χ1) is 8.18. The van der Waals surface area contributed by atoms with Crippen LogP contribution in [-0.2, 0) is 13.5 Å². The summed E-state index contributed by atoms with van der Waals surface area (Å²) in [7, 11) is 1.95. The standard InChI is InChI=1S/C13H16ClN3/c1-10-4-3-5-12(13(10)14)15-8-6-11-7-9-16-17(11)2/h3-5,7,9,15H,6,8H2,1-2H3. The van der Waals surface area contributed by atoms with Crippen molar-refractivity contribution in [2.24, 2.45) is 7.05 Å². The van der Waals surface area contributed by atoms with Crippen molar-refractivity contribution >= 4 is 17.3 Å². The molecule has 0 atom stereocenters. The highest BCUT2D eigenvalue weighted by Crippen LogP contribution is 2.24. The number of nitrogens with zero attached hydrogens (tertiary/aromatic N) is 2. The molecule has 1 aromatic heterocycles. The van der Waals surface area contributed by atoms with Crippen LogP contribution < -0.4 is 5.32 Å². The third-order valence-electron chi connectivity index (χ3n) is 2.81. The minimum atomic E-state index is 0.803. The number of rotatable bonds is 4. The van der Waals surface area contributed by atoms with Gasteiger partial charge < -0.3 is 5.32 Å². The molecule has 0 aliphatic carbocycles. The molecule has 0 unspecified atom stereocenters. The molecule has 2 aromatic rings. The van der Waals surface area contributed by atoms with Crippen LogP contribution in [0, 0.1) is 6.92 Å². The average Bonchev–Trinajstić information content (AvgIpc) is 2.71. The molecule has 0 saturated heterocycles. The molecular weight excluding hydrogens is 234 g/mol. The zero-order valence-electron chi connectivity index (χ0n) is 10.1. The third-order valence-corrected chi connectivity index (χ3v) is 3.31. The summed E-state index contributed by atoms with van der Waals surface area (Å²) >= 11 is 6.21. The fourth-order valence-electron chi connectivity index (χ4n) is 1.76. The van der Waals surface area contributed by atoms with Crippen LogP contribution in [0.3, 0.4) is 0 Å². The van der Waals surface area contributed by atoms with Crippen molar-refractivity contribution in [1.29, 1.82) is 0 Å². The minimum absolute atomic E-state index is 0.803. The molecule has 3 nitrogen and oxygen atoms in total. The molecule has 2 rings (SSSR count). The monoisotopic (exact) mass is 249 g/mol. The van der Waals surface area contributed by atoms with E-state index in [4.69, 9.17) is 11.6 Å². The van der Waals surface area contributed by atoms with Gasteiger partial charge in [0.15, 0.2) is 0 Å². The van der Waals surface area contributed by atoms with Crippen LogP contribution in [0.1, 0.15) is 11.3 Å². The van der Waals surface area contributed by atoms with Gasteiger partial charge >= 0.3 is 0 Å². The second-order valence-electron chi connectivity index (χ2n) is 4.06. The van der Waals surface area contributed by atoms with Gasteiger partial charge in [-0.3, -0.25) is 4.68 Å². The Bertz CT molecular complexity index is 505. The summed E-state index contributed by atoms with van der Waals surface area (Å²) in [5.74, 6) is 0. The van der Waals surface area contributed by atoms with Crippen molar-refractivity contribution in [3.05, 3.63) is 46.7 Å². The van der Waals surface area contributed by atoms with Crippen LogP contribution in [0.15, 0.2) is 30.5 Å². The number of aromatic nitrogens is 2. The first kappa shape index (κ1) is 12.0. The van der Waals surface area contributed by atoms with E-state index in [0.29, 0.717) is 0 Å². The van der Waals surface area contributed by atoms with Crippen LogP contribution in [0.4, 0.5) is 5.69 Å². The number of anilines is 1. The zero-order chi connectivity index (χ0) is 12.3. The minimum Gasteiger partial charge on any atom is -0.383 e. The number of hydrogen-bond donors (Lipinski definition) is 1. The maximum atomic E-state index is 6.21. The van der Waals surface area contributed by atoms with Crippen LogP contribution in [0.2, 0.25) is 5.02 Å². The Balaban J connectivity index is 1.95. The van der Waals surface area contributed by atoms with E-state index in [9.17, 15) is 0 Å². The lowest BCUT2D eigenvalue weighted by Crippen LogP contribution is -2.08. The quantitative estimate of drug-likeness (QED) is 0.903. The van der Waals surface area contributed by atoms with Gasteiger partial charge in [-0.05, 0) is 24.6 Å². The van der Waals surface area contributed by atoms with Gasteiger partial charge in [0.1, 0.15) is 0 Å². The third kappa shape index (κ3) is 2.80. The molecule has 0 radical (unpaired) electrons. The van der Waals surface area contributed by atoms with Crippen LogP contribution >= 0.6 is 11.6 Å². The Kier molecular flexibility index (Phi) is 3.69. The Hall–Kier alpha value is -1.48. The van der Waals surface area contributed by atoms with Crippen LogP contribution in [0.25, 0.3) is 0 Å². The first-order valence-corrected chi connectivity index (χ1v) is 6.02. The van der Waals surface area contributed by atoms with Crippen molar-refractivity contribution in [1.82, 2.24) is 9.78 Å². The van der Waals surface area contributed by atoms with Gasteiger partial charge in [0.05, 0.1) is 10.7 Å². The summed E-state index contributed by atoms with van der Waals surface area (Å²) in [5, 5.41) is 8.29. The van der Waals surface area contributed by atoms with Crippen molar-refractivity contribution in [3.63, 3.8) is 0 Å². The maximum absolute atomic E-state index is 6.21. The van der Waals surface area contributed by atoms with Gasteiger partial charge in [0.2, 0.25) is 0 Å². The summed E-state index contributed by atoms with van der Waals surface area (Å²) < 4.78 is 1.89. The number of halogens is 1. The summed E-state index contributed by atoms with van der Waals surface area (Å²) in [5.41, 5.74) is 3.30. The molecule has 0 aliphatic heterocycles. The maximum Gasteiger partial charge on any atom is 0.0666 e. The first-order valence-electron chi connectivity index (χ1n) is 5.64. The van der Waals surface area contributed by atoms with Crippen molar-refractivity contribution in [2.45, 2.75) is 13.3 Å². The molecule has 90 valence electrons. The molecule has 0 saturated carbocycles. The zero-order valence-corrected chi connectivity index (χ0v) is 10.8. The van der Waals surface area contributed by atoms with E-state index >= 15 is 0 Å². The van der Waals surface area contributed by atoms with Crippen LogP contribution in [0.5, 0.6) is 0 Å². The molecule has 17 heavy (non-hydrogen) atoms. The summed E-state index contributed by atoms with van der Waals surface area (Å²) in [6, 6.07) is 8.04. The molecule has 0 spiro atoms. The van der Waals surface area contributed by atoms with Gasteiger partial charge in [-0.2, -0.15) is 5.10 Å². The van der Waals surface area contributed by atoms with Crippen molar-refractivity contribution in [2.75, 3.05) is 11.9 Å². The van der Waals surface area contributed by atoms with E-state index in [0.717, 1.165) is 29.2 Å². The summed E-state index contributed by atoms with van der Waals surface area (Å²) in [4.78, 5) is 0. The van der Waals surface area contributed by atoms with E-state index in [1.165, 1.54) is 5.69 Å². The molecule has 1 N–H and O–H groups in total. The highest BCUT2D eigenvalue weighted by molar-refractivity contribution is 6.33. The summed E-state index contributed by atoms with van der Waals surface area (Å²) in [6.45, 7) is 2.86. The lowest BCUT2D eigenvalue weighted by molar-refractivity contribution is 0.711. The Labute approximate surface area is 106 Å². The lowest BCUT2D eigenvalue weighted by Gasteiger charge is -2.09. The number of benzene rings is 1. The topological polar surface area (TPSA) is 29.9 Å². The van der Waals surface area contributed by atoms with E-state index in [2.05, 4.69) is 10.4 Å². The van der Waals surface area contributed by atoms with Gasteiger partial charge in [-0.1, -0.05) is 23.7 Å². The molecule has 0 aliphatic rings. The fraction of sp³-hybridized carbons (Fsp3) is 0.308. The van der Waals surface area contributed by atoms with Crippen molar-refractivity contribution < 1.29 is 0 Å². The Morgan fingerprint density at radius 1 is 1.35 bits per heavy atom. The predicted molar refractivity (Wildman–Crippen MR) is 71.6 cm³/mol. The number of aryl methyl sites for hydroxylation is 2. The van der Waals surface area contributed by atoms with E-state index in [1.54, 1.807) is 0 Å².